The van der Waals surface area contributed by atoms with E-state index in [1.54, 1.807) is 0 Å². The molecule has 0 unspecified atom stereocenters. The summed E-state index contributed by atoms with van der Waals surface area (Å²) in [5.41, 5.74) is 3.07. The summed E-state index contributed by atoms with van der Waals surface area (Å²) in [6.07, 6.45) is 8.57. The van der Waals surface area contributed by atoms with Gasteiger partial charge >= 0.3 is 0 Å². The SMILES string of the molecule is Cn1cccc1C(=O)N1Cc2ncn(C)c2C[C@H]1CN1CCCCC1. The van der Waals surface area contributed by atoms with Crippen LogP contribution < -0.4 is 0 Å². The first-order chi connectivity index (χ1) is 12.1. The van der Waals surface area contributed by atoms with Crippen molar-refractivity contribution in [2.75, 3.05) is 19.6 Å². The van der Waals surface area contributed by atoms with E-state index in [0.717, 1.165) is 37.4 Å². The summed E-state index contributed by atoms with van der Waals surface area (Å²) in [6.45, 7) is 3.88. The zero-order valence-corrected chi connectivity index (χ0v) is 15.2. The molecule has 0 spiro atoms. The quantitative estimate of drug-likeness (QED) is 0.855. The fraction of sp³-hybridized carbons (Fsp3) is 0.579. The Bertz CT molecular complexity index is 756. The highest BCUT2D eigenvalue weighted by Crippen LogP contribution is 2.25. The van der Waals surface area contributed by atoms with E-state index in [0.29, 0.717) is 6.54 Å². The van der Waals surface area contributed by atoms with Crippen LogP contribution in [0, 0.1) is 0 Å². The van der Waals surface area contributed by atoms with Crippen molar-refractivity contribution in [1.82, 2.24) is 23.9 Å². The summed E-state index contributed by atoms with van der Waals surface area (Å²) in [7, 11) is 3.99. The van der Waals surface area contributed by atoms with Gasteiger partial charge < -0.3 is 18.9 Å². The standard InChI is InChI=1S/C19H27N5O/c1-21-8-6-7-17(21)19(25)24-13-16-18(22(2)14-20-16)11-15(24)12-23-9-4-3-5-10-23/h6-8,14-15H,3-5,9-13H2,1-2H3/t15-/m0/s1. The maximum Gasteiger partial charge on any atom is 0.271 e. The van der Waals surface area contributed by atoms with Gasteiger partial charge in [-0.15, -0.1) is 0 Å². The number of amides is 1. The molecule has 1 saturated heterocycles. The highest BCUT2D eigenvalue weighted by atomic mass is 16.2. The number of carbonyl (C=O) groups excluding carboxylic acids is 1. The molecule has 2 aromatic rings. The van der Waals surface area contributed by atoms with Crippen LogP contribution in [0.25, 0.3) is 0 Å². The Morgan fingerprint density at radius 1 is 1.20 bits per heavy atom. The molecule has 6 heteroatoms. The van der Waals surface area contributed by atoms with Crippen LogP contribution in [0.15, 0.2) is 24.7 Å². The Morgan fingerprint density at radius 2 is 2.00 bits per heavy atom. The lowest BCUT2D eigenvalue weighted by Crippen LogP contribution is -2.51. The van der Waals surface area contributed by atoms with Gasteiger partial charge in [0.05, 0.1) is 24.6 Å². The molecule has 2 aliphatic rings. The van der Waals surface area contributed by atoms with Crippen molar-refractivity contribution in [3.63, 3.8) is 0 Å². The predicted molar refractivity (Wildman–Crippen MR) is 96.3 cm³/mol. The average Bonchev–Trinajstić information content (AvgIpc) is 3.21. The maximum atomic E-state index is 13.2. The molecule has 2 aliphatic heterocycles. The number of hydrogen-bond donors (Lipinski definition) is 0. The molecule has 2 aromatic heterocycles. The molecule has 1 amide bonds. The van der Waals surface area contributed by atoms with Crippen molar-refractivity contribution in [2.45, 2.75) is 38.3 Å². The number of carbonyl (C=O) groups is 1. The van der Waals surface area contributed by atoms with Crippen molar-refractivity contribution in [3.8, 4) is 0 Å². The molecule has 1 atom stereocenters. The maximum absolute atomic E-state index is 13.2. The van der Waals surface area contributed by atoms with Gasteiger partial charge in [0.25, 0.3) is 5.91 Å². The van der Waals surface area contributed by atoms with Crippen LogP contribution in [0.4, 0.5) is 0 Å². The zero-order chi connectivity index (χ0) is 17.4. The van der Waals surface area contributed by atoms with Crippen LogP contribution >= 0.6 is 0 Å². The Morgan fingerprint density at radius 3 is 2.72 bits per heavy atom. The molecule has 4 rings (SSSR count). The second kappa shape index (κ2) is 6.67. The number of rotatable bonds is 3. The largest absolute Gasteiger partial charge is 0.347 e. The van der Waals surface area contributed by atoms with Crippen LogP contribution in [-0.2, 0) is 27.1 Å². The summed E-state index contributed by atoms with van der Waals surface area (Å²) in [5.74, 6) is 0.116. The number of nitrogens with zero attached hydrogens (tertiary/aromatic N) is 5. The highest BCUT2D eigenvalue weighted by molar-refractivity contribution is 5.93. The monoisotopic (exact) mass is 341 g/mol. The Hall–Kier alpha value is -2.08. The third-order valence-corrected chi connectivity index (χ3v) is 5.68. The van der Waals surface area contributed by atoms with Gasteiger partial charge in [-0.1, -0.05) is 6.42 Å². The molecule has 1 fully saturated rings. The summed E-state index contributed by atoms with van der Waals surface area (Å²) in [5, 5.41) is 0. The van der Waals surface area contributed by atoms with Gasteiger partial charge in [0.2, 0.25) is 0 Å². The van der Waals surface area contributed by atoms with Gasteiger partial charge in [-0.05, 0) is 38.1 Å². The zero-order valence-electron chi connectivity index (χ0n) is 15.2. The molecular formula is C19H27N5O. The summed E-state index contributed by atoms with van der Waals surface area (Å²) < 4.78 is 4.02. The highest BCUT2D eigenvalue weighted by Gasteiger charge is 2.34. The first-order valence-electron chi connectivity index (χ1n) is 9.27. The van der Waals surface area contributed by atoms with Gasteiger partial charge in [0.15, 0.2) is 0 Å². The van der Waals surface area contributed by atoms with Crippen molar-refractivity contribution in [2.24, 2.45) is 14.1 Å². The molecule has 0 bridgehead atoms. The first kappa shape index (κ1) is 16.4. The second-order valence-corrected chi connectivity index (χ2v) is 7.41. The molecule has 134 valence electrons. The molecule has 6 nitrogen and oxygen atoms in total. The minimum absolute atomic E-state index is 0.116. The van der Waals surface area contributed by atoms with E-state index < -0.39 is 0 Å². The minimum Gasteiger partial charge on any atom is -0.347 e. The van der Waals surface area contributed by atoms with Crippen LogP contribution in [0.2, 0.25) is 0 Å². The third-order valence-electron chi connectivity index (χ3n) is 5.68. The van der Waals surface area contributed by atoms with Crippen LogP contribution in [-0.4, -0.2) is 55.5 Å². The number of piperidine rings is 1. The van der Waals surface area contributed by atoms with E-state index in [-0.39, 0.29) is 11.9 Å². The van der Waals surface area contributed by atoms with E-state index in [9.17, 15) is 4.79 Å². The van der Waals surface area contributed by atoms with Crippen molar-refractivity contribution in [1.29, 1.82) is 0 Å². The van der Waals surface area contributed by atoms with Crippen molar-refractivity contribution in [3.05, 3.63) is 41.7 Å². The smallest absolute Gasteiger partial charge is 0.271 e. The van der Waals surface area contributed by atoms with Crippen LogP contribution in [0.1, 0.15) is 41.1 Å². The minimum atomic E-state index is 0.116. The molecular weight excluding hydrogens is 314 g/mol. The molecule has 25 heavy (non-hydrogen) atoms. The number of aromatic nitrogens is 3. The Kier molecular flexibility index (Phi) is 4.37. The summed E-state index contributed by atoms with van der Waals surface area (Å²) >= 11 is 0. The predicted octanol–water partition coefficient (Wildman–Crippen LogP) is 1.81. The van der Waals surface area contributed by atoms with Crippen LogP contribution in [0.3, 0.4) is 0 Å². The van der Waals surface area contributed by atoms with Gasteiger partial charge in [-0.3, -0.25) is 4.79 Å². The summed E-state index contributed by atoms with van der Waals surface area (Å²) in [6, 6.07) is 4.06. The Labute approximate surface area is 149 Å². The fourth-order valence-corrected chi connectivity index (χ4v) is 4.19. The number of aryl methyl sites for hydroxylation is 2. The lowest BCUT2D eigenvalue weighted by atomic mass is 10.00. The van der Waals surface area contributed by atoms with Gasteiger partial charge in [-0.25, -0.2) is 4.98 Å². The molecule has 0 radical (unpaired) electrons. The topological polar surface area (TPSA) is 46.3 Å². The van der Waals surface area contributed by atoms with Crippen molar-refractivity contribution < 1.29 is 4.79 Å². The number of hydrogen-bond acceptors (Lipinski definition) is 3. The molecule has 0 N–H and O–H groups in total. The van der Waals surface area contributed by atoms with Crippen molar-refractivity contribution >= 4 is 5.91 Å². The first-order valence-corrected chi connectivity index (χ1v) is 9.27. The third kappa shape index (κ3) is 3.11. The normalized spacial score (nSPS) is 21.4. The molecule has 0 aromatic carbocycles. The summed E-state index contributed by atoms with van der Waals surface area (Å²) in [4.78, 5) is 22.3. The van der Waals surface area contributed by atoms with E-state index in [2.05, 4.69) is 21.5 Å². The van der Waals surface area contributed by atoms with E-state index in [4.69, 9.17) is 0 Å². The van der Waals surface area contributed by atoms with Gasteiger partial charge in [-0.2, -0.15) is 0 Å². The molecule has 0 saturated carbocycles. The number of likely N-dealkylation sites (tertiary alicyclic amines) is 1. The van der Waals surface area contributed by atoms with E-state index >= 15 is 0 Å². The van der Waals surface area contributed by atoms with Gasteiger partial charge in [0.1, 0.15) is 5.69 Å². The number of imidazole rings is 1. The Balaban J connectivity index is 1.61. The second-order valence-electron chi connectivity index (χ2n) is 7.41. The van der Waals surface area contributed by atoms with Crippen LogP contribution in [0.5, 0.6) is 0 Å². The fourth-order valence-electron chi connectivity index (χ4n) is 4.19. The van der Waals surface area contributed by atoms with Gasteiger partial charge in [0, 0.05) is 39.0 Å². The average molecular weight is 341 g/mol. The van der Waals surface area contributed by atoms with E-state index in [1.165, 1.54) is 25.0 Å². The lowest BCUT2D eigenvalue weighted by molar-refractivity contribution is 0.0549. The number of fused-ring (bicyclic) bond motifs is 1. The van der Waals surface area contributed by atoms with E-state index in [1.807, 2.05) is 41.2 Å². The lowest BCUT2D eigenvalue weighted by Gasteiger charge is -2.39. The molecule has 0 aliphatic carbocycles. The molecule has 4 heterocycles.